The molecule has 0 amide bonds. The van der Waals surface area contributed by atoms with E-state index in [1.165, 1.54) is 57.4 Å². The van der Waals surface area contributed by atoms with Crippen molar-refractivity contribution in [2.75, 3.05) is 26.2 Å². The topological polar surface area (TPSA) is 32.5 Å². The Kier molecular flexibility index (Phi) is 4.91. The Morgan fingerprint density at radius 1 is 1.00 bits per heavy atom. The van der Waals surface area contributed by atoms with E-state index < -0.39 is 0 Å². The number of nitrogens with zero attached hydrogens (tertiary/aromatic N) is 3. The number of hydrogen-bond acceptors (Lipinski definition) is 4. The minimum absolute atomic E-state index is 0.462. The van der Waals surface area contributed by atoms with E-state index in [-0.39, 0.29) is 0 Å². The Morgan fingerprint density at radius 3 is 2.32 bits per heavy atom. The molecule has 1 spiro atoms. The maximum atomic E-state index is 5.38. The van der Waals surface area contributed by atoms with E-state index in [1.807, 2.05) is 13.2 Å². The lowest BCUT2D eigenvalue weighted by molar-refractivity contribution is 0.00735. The summed E-state index contributed by atoms with van der Waals surface area (Å²) >= 11 is 0. The summed E-state index contributed by atoms with van der Waals surface area (Å²) < 4.78 is 5.38. The molecule has 134 valence electrons. The highest BCUT2D eigenvalue weighted by Gasteiger charge is 2.39. The van der Waals surface area contributed by atoms with Crippen LogP contribution in [0.2, 0.25) is 0 Å². The first kappa shape index (κ1) is 16.8. The lowest BCUT2D eigenvalue weighted by Crippen LogP contribution is -2.51. The summed E-state index contributed by atoms with van der Waals surface area (Å²) in [4.78, 5) is 9.75. The molecular weight excluding hydrogens is 310 g/mol. The molecule has 0 N–H and O–H groups in total. The van der Waals surface area contributed by atoms with Crippen molar-refractivity contribution in [3.8, 4) is 0 Å². The molecule has 1 aromatic heterocycles. The molecule has 2 fully saturated rings. The Hall–Kier alpha value is -1.65. The molecule has 4 rings (SSSR count). The van der Waals surface area contributed by atoms with Crippen molar-refractivity contribution in [1.82, 2.24) is 14.8 Å². The van der Waals surface area contributed by atoms with Crippen molar-refractivity contribution >= 4 is 0 Å². The Labute approximate surface area is 150 Å². The van der Waals surface area contributed by atoms with Crippen LogP contribution in [-0.4, -0.2) is 41.0 Å². The van der Waals surface area contributed by atoms with Crippen molar-refractivity contribution in [2.45, 2.75) is 45.7 Å². The zero-order valence-electron chi connectivity index (χ0n) is 15.3. The van der Waals surface area contributed by atoms with Gasteiger partial charge in [0.2, 0.25) is 0 Å². The molecule has 0 bridgehead atoms. The third-order valence-corrected chi connectivity index (χ3v) is 5.78. The van der Waals surface area contributed by atoms with E-state index in [4.69, 9.17) is 4.42 Å². The van der Waals surface area contributed by atoms with Crippen LogP contribution in [-0.2, 0) is 13.1 Å². The molecule has 2 aliphatic heterocycles. The largest absolute Gasteiger partial charge is 0.449 e. The number of likely N-dealkylation sites (tertiary alicyclic amines) is 2. The molecule has 0 saturated carbocycles. The van der Waals surface area contributed by atoms with Crippen LogP contribution in [0.3, 0.4) is 0 Å². The fourth-order valence-electron chi connectivity index (χ4n) is 4.77. The third kappa shape index (κ3) is 4.13. The van der Waals surface area contributed by atoms with Gasteiger partial charge in [0.25, 0.3) is 0 Å². The number of hydrogen-bond donors (Lipinski definition) is 0. The van der Waals surface area contributed by atoms with Crippen LogP contribution in [0.15, 0.2) is 41.0 Å². The summed E-state index contributed by atoms with van der Waals surface area (Å²) in [5.74, 6) is 0.772. The molecule has 1 unspecified atom stereocenters. The van der Waals surface area contributed by atoms with Crippen LogP contribution in [0.5, 0.6) is 0 Å². The molecule has 1 aromatic carbocycles. The number of piperidine rings is 2. The minimum Gasteiger partial charge on any atom is -0.449 e. The van der Waals surface area contributed by atoms with Crippen molar-refractivity contribution in [3.05, 3.63) is 53.7 Å². The number of aryl methyl sites for hydroxylation is 1. The van der Waals surface area contributed by atoms with E-state index >= 15 is 0 Å². The fraction of sp³-hybridized carbons (Fsp3) is 0.571. The quantitative estimate of drug-likeness (QED) is 0.847. The standard InChI is InChI=1S/C21H29N3O/c1-18-22-20(15-25-18)14-24-12-6-10-21(17-24)9-5-11-23(16-21)13-19-7-3-2-4-8-19/h2-4,7-8,15H,5-6,9-14,16-17H2,1H3. The minimum atomic E-state index is 0.462. The third-order valence-electron chi connectivity index (χ3n) is 5.78. The second kappa shape index (κ2) is 7.30. The molecule has 4 heteroatoms. The maximum absolute atomic E-state index is 5.38. The molecule has 25 heavy (non-hydrogen) atoms. The molecule has 2 aliphatic rings. The van der Waals surface area contributed by atoms with Gasteiger partial charge >= 0.3 is 0 Å². The zero-order chi connectivity index (χ0) is 17.1. The second-order valence-corrected chi connectivity index (χ2v) is 7.97. The average molecular weight is 339 g/mol. The smallest absolute Gasteiger partial charge is 0.191 e. The van der Waals surface area contributed by atoms with E-state index in [0.717, 1.165) is 24.7 Å². The average Bonchev–Trinajstić information content (AvgIpc) is 3.01. The van der Waals surface area contributed by atoms with E-state index in [2.05, 4.69) is 45.1 Å². The van der Waals surface area contributed by atoms with E-state index in [0.29, 0.717) is 5.41 Å². The number of benzene rings is 1. The lowest BCUT2D eigenvalue weighted by Gasteiger charge is -2.48. The Morgan fingerprint density at radius 2 is 1.68 bits per heavy atom. The number of rotatable bonds is 4. The predicted octanol–water partition coefficient (Wildman–Crippen LogP) is 3.86. The summed E-state index contributed by atoms with van der Waals surface area (Å²) in [7, 11) is 0. The SMILES string of the molecule is Cc1nc(CN2CCCC3(CCCN(Cc4ccccc4)C3)C2)co1. The molecule has 2 saturated heterocycles. The van der Waals surface area contributed by atoms with Gasteiger partial charge in [0, 0.05) is 33.1 Å². The van der Waals surface area contributed by atoms with Gasteiger partial charge in [0.05, 0.1) is 5.69 Å². The highest BCUT2D eigenvalue weighted by atomic mass is 16.3. The van der Waals surface area contributed by atoms with Gasteiger partial charge < -0.3 is 4.42 Å². The Bertz CT molecular complexity index is 679. The van der Waals surface area contributed by atoms with Gasteiger partial charge in [-0.15, -0.1) is 0 Å². The molecule has 0 aliphatic carbocycles. The van der Waals surface area contributed by atoms with Crippen molar-refractivity contribution in [1.29, 1.82) is 0 Å². The first-order chi connectivity index (χ1) is 12.2. The van der Waals surface area contributed by atoms with Crippen molar-refractivity contribution < 1.29 is 4.42 Å². The predicted molar refractivity (Wildman–Crippen MR) is 99.1 cm³/mol. The van der Waals surface area contributed by atoms with Gasteiger partial charge in [0.1, 0.15) is 6.26 Å². The van der Waals surface area contributed by atoms with Gasteiger partial charge in [-0.05, 0) is 49.8 Å². The summed E-state index contributed by atoms with van der Waals surface area (Å²) in [6.45, 7) is 8.79. The Balaban J connectivity index is 1.39. The second-order valence-electron chi connectivity index (χ2n) is 7.97. The van der Waals surface area contributed by atoms with Crippen LogP contribution in [0.1, 0.15) is 42.8 Å². The van der Waals surface area contributed by atoms with E-state index in [9.17, 15) is 0 Å². The van der Waals surface area contributed by atoms with Gasteiger partial charge in [-0.3, -0.25) is 9.80 Å². The highest BCUT2D eigenvalue weighted by Crippen LogP contribution is 2.39. The molecular formula is C21H29N3O. The normalized spacial score (nSPS) is 25.5. The van der Waals surface area contributed by atoms with Crippen LogP contribution in [0, 0.1) is 12.3 Å². The van der Waals surface area contributed by atoms with Crippen molar-refractivity contribution in [3.63, 3.8) is 0 Å². The molecule has 0 radical (unpaired) electrons. The van der Waals surface area contributed by atoms with Gasteiger partial charge in [0.15, 0.2) is 5.89 Å². The molecule has 2 aromatic rings. The van der Waals surface area contributed by atoms with Gasteiger partial charge in [-0.1, -0.05) is 30.3 Å². The van der Waals surface area contributed by atoms with Crippen LogP contribution in [0.25, 0.3) is 0 Å². The maximum Gasteiger partial charge on any atom is 0.191 e. The monoisotopic (exact) mass is 339 g/mol. The number of aromatic nitrogens is 1. The number of oxazole rings is 1. The molecule has 1 atom stereocenters. The lowest BCUT2D eigenvalue weighted by atomic mass is 9.73. The summed E-state index contributed by atoms with van der Waals surface area (Å²) in [5, 5.41) is 0. The summed E-state index contributed by atoms with van der Waals surface area (Å²) in [6.07, 6.45) is 7.18. The van der Waals surface area contributed by atoms with Crippen LogP contribution >= 0.6 is 0 Å². The first-order valence-electron chi connectivity index (χ1n) is 9.61. The molecule has 3 heterocycles. The zero-order valence-corrected chi connectivity index (χ0v) is 15.3. The van der Waals surface area contributed by atoms with E-state index in [1.54, 1.807) is 0 Å². The first-order valence-corrected chi connectivity index (χ1v) is 9.61. The fourth-order valence-corrected chi connectivity index (χ4v) is 4.77. The van der Waals surface area contributed by atoms with Crippen LogP contribution in [0.4, 0.5) is 0 Å². The van der Waals surface area contributed by atoms with Gasteiger partial charge in [-0.2, -0.15) is 0 Å². The summed E-state index contributed by atoms with van der Waals surface area (Å²) in [6, 6.07) is 10.9. The molecule has 4 nitrogen and oxygen atoms in total. The van der Waals surface area contributed by atoms with Gasteiger partial charge in [-0.25, -0.2) is 4.98 Å². The summed E-state index contributed by atoms with van der Waals surface area (Å²) in [5.41, 5.74) is 2.97. The van der Waals surface area contributed by atoms with Crippen molar-refractivity contribution in [2.24, 2.45) is 5.41 Å². The van der Waals surface area contributed by atoms with Crippen LogP contribution < -0.4 is 0 Å². The highest BCUT2D eigenvalue weighted by molar-refractivity contribution is 5.14.